The molecule has 3 heteroatoms. The third kappa shape index (κ3) is 4.45. The maximum Gasteiger partial charge on any atom is 0.0348 e. The first-order valence-corrected chi connectivity index (χ1v) is 8.07. The second-order valence-corrected chi connectivity index (χ2v) is 7.20. The summed E-state index contributed by atoms with van der Waals surface area (Å²) in [6.07, 6.45) is 1.22. The highest BCUT2D eigenvalue weighted by atomic mass is 15.2. The third-order valence-corrected chi connectivity index (χ3v) is 4.60. The first kappa shape index (κ1) is 16.3. The minimum absolute atomic E-state index is 0.574. The van der Waals surface area contributed by atoms with Gasteiger partial charge in [0.25, 0.3) is 0 Å². The lowest BCUT2D eigenvalue weighted by atomic mass is 9.89. The largest absolute Gasteiger partial charge is 0.382 e. The molecule has 1 N–H and O–H groups in total. The van der Waals surface area contributed by atoms with Gasteiger partial charge in [-0.05, 0) is 70.6 Å². The Morgan fingerprint density at radius 3 is 2.62 bits per heavy atom. The van der Waals surface area contributed by atoms with Crippen molar-refractivity contribution in [3.8, 4) is 0 Å². The van der Waals surface area contributed by atoms with Crippen molar-refractivity contribution in [2.45, 2.75) is 45.8 Å². The van der Waals surface area contributed by atoms with Crippen molar-refractivity contribution >= 4 is 5.69 Å². The van der Waals surface area contributed by atoms with Gasteiger partial charge in [0.1, 0.15) is 0 Å². The summed E-state index contributed by atoms with van der Waals surface area (Å²) in [5, 5.41) is 3.79. The molecule has 1 aliphatic heterocycles. The Morgan fingerprint density at radius 1 is 1.24 bits per heavy atom. The van der Waals surface area contributed by atoms with Gasteiger partial charge in [-0.1, -0.05) is 13.0 Å². The zero-order chi connectivity index (χ0) is 15.6. The molecule has 0 aliphatic carbocycles. The van der Waals surface area contributed by atoms with Gasteiger partial charge in [0, 0.05) is 30.9 Å². The minimum atomic E-state index is 0.574. The number of anilines is 1. The molecule has 21 heavy (non-hydrogen) atoms. The van der Waals surface area contributed by atoms with Crippen molar-refractivity contribution in [2.75, 3.05) is 33.0 Å². The molecule has 0 unspecified atom stereocenters. The lowest BCUT2D eigenvalue weighted by molar-refractivity contribution is 0.145. The highest BCUT2D eigenvalue weighted by molar-refractivity contribution is 5.49. The lowest BCUT2D eigenvalue weighted by Crippen LogP contribution is -2.48. The average Bonchev–Trinajstić information content (AvgIpc) is 2.34. The summed E-state index contributed by atoms with van der Waals surface area (Å²) in [6, 6.07) is 8.10. The number of hydrogen-bond acceptors (Lipinski definition) is 3. The van der Waals surface area contributed by atoms with Crippen molar-refractivity contribution in [1.29, 1.82) is 0 Å². The number of piperidine rings is 1. The fourth-order valence-electron chi connectivity index (χ4n) is 3.36. The molecule has 0 bridgehead atoms. The quantitative estimate of drug-likeness (QED) is 0.918. The molecule has 0 aromatic heterocycles. The van der Waals surface area contributed by atoms with Gasteiger partial charge in [0.05, 0.1) is 0 Å². The third-order valence-electron chi connectivity index (χ3n) is 4.60. The fraction of sp³-hybridized carbons (Fsp3) is 0.667. The normalized spacial score (nSPS) is 27.1. The van der Waals surface area contributed by atoms with E-state index >= 15 is 0 Å². The van der Waals surface area contributed by atoms with Crippen molar-refractivity contribution in [1.82, 2.24) is 9.80 Å². The summed E-state index contributed by atoms with van der Waals surface area (Å²) in [5.74, 6) is 0.684. The molecule has 3 atom stereocenters. The Bertz CT molecular complexity index is 470. The Morgan fingerprint density at radius 2 is 1.95 bits per heavy atom. The van der Waals surface area contributed by atoms with Gasteiger partial charge in [-0.15, -0.1) is 0 Å². The van der Waals surface area contributed by atoms with Crippen LogP contribution in [0.5, 0.6) is 0 Å². The van der Waals surface area contributed by atoms with Gasteiger partial charge in [0.15, 0.2) is 0 Å². The van der Waals surface area contributed by atoms with E-state index in [1.54, 1.807) is 0 Å². The molecule has 118 valence electrons. The molecule has 1 aromatic rings. The highest BCUT2D eigenvalue weighted by Crippen LogP contribution is 2.25. The number of likely N-dealkylation sites (tertiary alicyclic amines) is 1. The van der Waals surface area contributed by atoms with Crippen LogP contribution in [0.15, 0.2) is 18.2 Å². The second-order valence-electron chi connectivity index (χ2n) is 7.20. The summed E-state index contributed by atoms with van der Waals surface area (Å²) in [6.45, 7) is 9.04. The summed E-state index contributed by atoms with van der Waals surface area (Å²) in [4.78, 5) is 4.69. The number of hydrogen-bond donors (Lipinski definition) is 1. The zero-order valence-corrected chi connectivity index (χ0v) is 14.5. The van der Waals surface area contributed by atoms with Crippen molar-refractivity contribution in [2.24, 2.45) is 5.92 Å². The maximum absolute atomic E-state index is 3.79. The molecule has 1 aromatic carbocycles. The Balaban J connectivity index is 2.10. The van der Waals surface area contributed by atoms with Crippen LogP contribution < -0.4 is 5.32 Å². The summed E-state index contributed by atoms with van der Waals surface area (Å²) in [7, 11) is 6.48. The summed E-state index contributed by atoms with van der Waals surface area (Å²) >= 11 is 0. The van der Waals surface area contributed by atoms with E-state index in [1.807, 2.05) is 0 Å². The van der Waals surface area contributed by atoms with Crippen molar-refractivity contribution in [3.63, 3.8) is 0 Å². The van der Waals surface area contributed by atoms with Crippen LogP contribution in [0.25, 0.3) is 0 Å². The molecular weight excluding hydrogens is 258 g/mol. The smallest absolute Gasteiger partial charge is 0.0348 e. The highest BCUT2D eigenvalue weighted by Gasteiger charge is 2.28. The predicted molar refractivity (Wildman–Crippen MR) is 91.9 cm³/mol. The van der Waals surface area contributed by atoms with Crippen LogP contribution in [0.2, 0.25) is 0 Å². The van der Waals surface area contributed by atoms with E-state index < -0.39 is 0 Å². The van der Waals surface area contributed by atoms with Crippen LogP contribution >= 0.6 is 0 Å². The van der Waals surface area contributed by atoms with E-state index in [2.05, 4.69) is 75.2 Å². The zero-order valence-electron chi connectivity index (χ0n) is 14.5. The van der Waals surface area contributed by atoms with Gasteiger partial charge < -0.3 is 15.1 Å². The molecule has 0 radical (unpaired) electrons. The second kappa shape index (κ2) is 6.80. The van der Waals surface area contributed by atoms with Crippen LogP contribution in [0.1, 0.15) is 31.4 Å². The topological polar surface area (TPSA) is 18.5 Å². The number of benzene rings is 1. The van der Waals surface area contributed by atoms with Crippen molar-refractivity contribution in [3.05, 3.63) is 29.3 Å². The molecule has 3 nitrogen and oxygen atoms in total. The first-order chi connectivity index (χ1) is 9.85. The number of nitrogens with zero attached hydrogens (tertiary/aromatic N) is 2. The van der Waals surface area contributed by atoms with E-state index in [0.29, 0.717) is 18.0 Å². The molecular formula is C18H31N3. The van der Waals surface area contributed by atoms with Crippen LogP contribution in [-0.2, 0) is 6.54 Å². The molecule has 1 saturated heterocycles. The lowest BCUT2D eigenvalue weighted by Gasteiger charge is -2.40. The molecule has 1 aliphatic rings. The SMILES string of the molecule is Cc1cc(CN(C)C)cc(N[C@@H]2C[C@H](C)N(C)C[C@H]2C)c1. The van der Waals surface area contributed by atoms with E-state index in [9.17, 15) is 0 Å². The number of nitrogens with one attached hydrogen (secondary N) is 1. The fourth-order valence-corrected chi connectivity index (χ4v) is 3.36. The van der Waals surface area contributed by atoms with Gasteiger partial charge in [0.2, 0.25) is 0 Å². The van der Waals surface area contributed by atoms with Crippen LogP contribution in [0.4, 0.5) is 5.69 Å². The molecule has 1 fully saturated rings. The number of rotatable bonds is 4. The molecule has 2 rings (SSSR count). The first-order valence-electron chi connectivity index (χ1n) is 8.07. The maximum atomic E-state index is 3.79. The molecule has 0 saturated carbocycles. The summed E-state index contributed by atoms with van der Waals surface area (Å²) in [5.41, 5.74) is 4.00. The standard InChI is InChI=1S/C18H31N3/c1-13-7-16(12-20(4)5)10-17(8-13)19-18-9-15(3)21(6)11-14(18)2/h7-8,10,14-15,18-19H,9,11-12H2,1-6H3/t14-,15+,18-/m1/s1. The molecule has 0 amide bonds. The number of aryl methyl sites for hydroxylation is 1. The minimum Gasteiger partial charge on any atom is -0.382 e. The molecule has 1 heterocycles. The van der Waals surface area contributed by atoms with Crippen LogP contribution in [-0.4, -0.2) is 49.6 Å². The van der Waals surface area contributed by atoms with Gasteiger partial charge in [-0.3, -0.25) is 0 Å². The summed E-state index contributed by atoms with van der Waals surface area (Å²) < 4.78 is 0. The van der Waals surface area contributed by atoms with Gasteiger partial charge in [-0.2, -0.15) is 0 Å². The Kier molecular flexibility index (Phi) is 5.28. The van der Waals surface area contributed by atoms with Crippen LogP contribution in [0, 0.1) is 12.8 Å². The van der Waals surface area contributed by atoms with Crippen LogP contribution in [0.3, 0.4) is 0 Å². The monoisotopic (exact) mass is 289 g/mol. The van der Waals surface area contributed by atoms with E-state index in [-0.39, 0.29) is 0 Å². The van der Waals surface area contributed by atoms with Crippen molar-refractivity contribution < 1.29 is 0 Å². The predicted octanol–water partition coefficient (Wildman–Crippen LogP) is 3.20. The Labute approximate surface area is 130 Å². The Hall–Kier alpha value is -1.06. The van der Waals surface area contributed by atoms with E-state index in [1.165, 1.54) is 29.8 Å². The van der Waals surface area contributed by atoms with Gasteiger partial charge >= 0.3 is 0 Å². The van der Waals surface area contributed by atoms with E-state index in [0.717, 1.165) is 6.54 Å². The average molecular weight is 289 g/mol. The molecule has 0 spiro atoms. The van der Waals surface area contributed by atoms with Gasteiger partial charge in [-0.25, -0.2) is 0 Å². The van der Waals surface area contributed by atoms with E-state index in [4.69, 9.17) is 0 Å².